The van der Waals surface area contributed by atoms with E-state index in [4.69, 9.17) is 23.2 Å². The molecule has 1 fully saturated rings. The molecule has 7 nitrogen and oxygen atoms in total. The van der Waals surface area contributed by atoms with Crippen molar-refractivity contribution in [2.24, 2.45) is 5.41 Å². The quantitative estimate of drug-likeness (QED) is 0.778. The van der Waals surface area contributed by atoms with Crippen LogP contribution in [-0.4, -0.2) is 20.9 Å². The molecule has 2 bridgehead atoms. The maximum atomic E-state index is 13.6. The third-order valence-electron chi connectivity index (χ3n) is 6.91. The number of halogens is 2. The first-order valence-corrected chi connectivity index (χ1v) is 9.73. The Kier molecular flexibility index (Phi) is 4.13. The van der Waals surface area contributed by atoms with Gasteiger partial charge in [-0.1, -0.05) is 44.0 Å². The van der Waals surface area contributed by atoms with Gasteiger partial charge < -0.3 is 5.32 Å². The second kappa shape index (κ2) is 6.13. The second-order valence-electron chi connectivity index (χ2n) is 8.14. The van der Waals surface area contributed by atoms with Gasteiger partial charge in [0.1, 0.15) is 12.1 Å². The molecular weight excluding hydrogens is 411 g/mol. The standard InChI is InChI=1S/C20H16Cl2N6O/c1-18(2)19(3)4-5-20(18,15-14(19)26-12(7-23)13(8-24)27-15)17(29)28-16-11(22)6-10(21)9-25-16/h6,9H,4-5H2,1-3H3,(H,25,28,29). The highest BCUT2D eigenvalue weighted by Gasteiger charge is 2.73. The number of nitrogens with one attached hydrogen (secondary N) is 1. The lowest BCUT2D eigenvalue weighted by Crippen LogP contribution is -2.48. The molecule has 2 aliphatic carbocycles. The third kappa shape index (κ3) is 2.29. The lowest BCUT2D eigenvalue weighted by atomic mass is 9.63. The summed E-state index contributed by atoms with van der Waals surface area (Å²) in [5, 5.41) is 22.2. The topological polar surface area (TPSA) is 115 Å². The van der Waals surface area contributed by atoms with Crippen molar-refractivity contribution in [3.63, 3.8) is 0 Å². The Morgan fingerprint density at radius 2 is 1.72 bits per heavy atom. The SMILES string of the molecule is CC12CCC(C(=O)Nc3ncc(Cl)cc3Cl)(c3nc(C#N)c(C#N)nc31)C2(C)C. The predicted molar refractivity (Wildman–Crippen MR) is 106 cm³/mol. The number of carbonyl (C=O) groups is 1. The lowest BCUT2D eigenvalue weighted by molar-refractivity contribution is -0.125. The maximum absolute atomic E-state index is 13.6. The molecule has 1 saturated carbocycles. The summed E-state index contributed by atoms with van der Waals surface area (Å²) in [4.78, 5) is 26.7. The molecule has 1 amide bonds. The van der Waals surface area contributed by atoms with Crippen LogP contribution in [0.15, 0.2) is 12.3 Å². The number of carbonyl (C=O) groups excluding carboxylic acids is 1. The van der Waals surface area contributed by atoms with Crippen molar-refractivity contribution in [2.45, 2.75) is 44.4 Å². The van der Waals surface area contributed by atoms with E-state index in [0.29, 0.717) is 29.3 Å². The minimum absolute atomic E-state index is 0.0196. The van der Waals surface area contributed by atoms with Crippen molar-refractivity contribution < 1.29 is 4.79 Å². The number of hydrogen-bond donors (Lipinski definition) is 1. The zero-order valence-corrected chi connectivity index (χ0v) is 17.5. The summed E-state index contributed by atoms with van der Waals surface area (Å²) in [6, 6.07) is 5.36. The molecule has 0 radical (unpaired) electrons. The van der Waals surface area contributed by atoms with E-state index < -0.39 is 16.2 Å². The fourth-order valence-electron chi connectivity index (χ4n) is 4.86. The number of pyridine rings is 1. The van der Waals surface area contributed by atoms with Crippen LogP contribution in [0.2, 0.25) is 10.0 Å². The number of nitriles is 2. The molecule has 2 aromatic rings. The Hall–Kier alpha value is -2.74. The van der Waals surface area contributed by atoms with Crippen LogP contribution in [0, 0.1) is 28.1 Å². The van der Waals surface area contributed by atoms with E-state index in [9.17, 15) is 15.3 Å². The van der Waals surface area contributed by atoms with Crippen LogP contribution in [0.1, 0.15) is 56.4 Å². The second-order valence-corrected chi connectivity index (χ2v) is 8.99. The van der Waals surface area contributed by atoms with Gasteiger partial charge in [-0.3, -0.25) is 4.79 Å². The molecule has 0 aliphatic heterocycles. The fraction of sp³-hybridized carbons (Fsp3) is 0.400. The van der Waals surface area contributed by atoms with E-state index in [2.05, 4.69) is 20.3 Å². The van der Waals surface area contributed by atoms with Gasteiger partial charge in [-0.05, 0) is 24.3 Å². The smallest absolute Gasteiger partial charge is 0.238 e. The van der Waals surface area contributed by atoms with Crippen LogP contribution in [0.4, 0.5) is 5.82 Å². The summed E-state index contributed by atoms with van der Waals surface area (Å²) in [6.07, 6.45) is 2.64. The van der Waals surface area contributed by atoms with Crippen LogP contribution in [0.3, 0.4) is 0 Å². The van der Waals surface area contributed by atoms with Gasteiger partial charge in [-0.15, -0.1) is 0 Å². The van der Waals surface area contributed by atoms with E-state index in [0.717, 1.165) is 0 Å². The largest absolute Gasteiger partial charge is 0.309 e. The number of hydrogen-bond acceptors (Lipinski definition) is 6. The van der Waals surface area contributed by atoms with Crippen molar-refractivity contribution in [1.82, 2.24) is 15.0 Å². The number of anilines is 1. The van der Waals surface area contributed by atoms with Gasteiger partial charge in [-0.25, -0.2) is 15.0 Å². The summed E-state index contributed by atoms with van der Waals surface area (Å²) >= 11 is 12.1. The Labute approximate surface area is 177 Å². The fourth-order valence-corrected chi connectivity index (χ4v) is 5.29. The molecule has 2 atom stereocenters. The number of nitrogens with zero attached hydrogens (tertiary/aromatic N) is 5. The van der Waals surface area contributed by atoms with Crippen molar-refractivity contribution in [3.8, 4) is 12.1 Å². The van der Waals surface area contributed by atoms with Gasteiger partial charge >= 0.3 is 0 Å². The van der Waals surface area contributed by atoms with Gasteiger partial charge in [-0.2, -0.15) is 10.5 Å². The van der Waals surface area contributed by atoms with Crippen molar-refractivity contribution in [2.75, 3.05) is 5.32 Å². The molecule has 2 heterocycles. The number of aromatic nitrogens is 3. The molecule has 29 heavy (non-hydrogen) atoms. The molecule has 2 aliphatic rings. The molecule has 0 aromatic carbocycles. The summed E-state index contributed by atoms with van der Waals surface area (Å²) in [7, 11) is 0. The van der Waals surface area contributed by atoms with Crippen molar-refractivity contribution >= 4 is 34.9 Å². The average molecular weight is 427 g/mol. The molecule has 9 heteroatoms. The van der Waals surface area contributed by atoms with E-state index in [1.807, 2.05) is 32.9 Å². The number of rotatable bonds is 2. The Bertz CT molecular complexity index is 1160. The van der Waals surface area contributed by atoms with Gasteiger partial charge in [0, 0.05) is 11.6 Å². The normalized spacial score (nSPS) is 25.8. The van der Waals surface area contributed by atoms with E-state index >= 15 is 0 Å². The van der Waals surface area contributed by atoms with Crippen molar-refractivity contribution in [1.29, 1.82) is 10.5 Å². The Morgan fingerprint density at radius 3 is 2.31 bits per heavy atom. The minimum Gasteiger partial charge on any atom is -0.309 e. The van der Waals surface area contributed by atoms with E-state index in [1.165, 1.54) is 12.3 Å². The van der Waals surface area contributed by atoms with Gasteiger partial charge in [0.2, 0.25) is 5.91 Å². The highest BCUT2D eigenvalue weighted by atomic mass is 35.5. The maximum Gasteiger partial charge on any atom is 0.238 e. The first-order valence-electron chi connectivity index (χ1n) is 8.98. The van der Waals surface area contributed by atoms with Crippen LogP contribution < -0.4 is 5.32 Å². The molecule has 4 rings (SSSR count). The first kappa shape index (κ1) is 19.6. The summed E-state index contributed by atoms with van der Waals surface area (Å²) in [5.41, 5.74) is -1.10. The molecule has 2 aromatic heterocycles. The number of amides is 1. The Morgan fingerprint density at radius 1 is 1.10 bits per heavy atom. The molecular formula is C20H16Cl2N6O. The molecule has 0 spiro atoms. The molecule has 0 saturated heterocycles. The molecule has 2 unspecified atom stereocenters. The summed E-state index contributed by atoms with van der Waals surface area (Å²) < 4.78 is 0. The van der Waals surface area contributed by atoms with Gasteiger partial charge in [0.25, 0.3) is 0 Å². The van der Waals surface area contributed by atoms with Crippen LogP contribution in [0.5, 0.6) is 0 Å². The zero-order chi connectivity index (χ0) is 21.2. The monoisotopic (exact) mass is 426 g/mol. The minimum atomic E-state index is -1.03. The van der Waals surface area contributed by atoms with Gasteiger partial charge in [0.15, 0.2) is 17.2 Å². The lowest BCUT2D eigenvalue weighted by Gasteiger charge is -2.39. The predicted octanol–water partition coefficient (Wildman–Crippen LogP) is 3.89. The molecule has 1 N–H and O–H groups in total. The highest BCUT2D eigenvalue weighted by Crippen LogP contribution is 2.70. The highest BCUT2D eigenvalue weighted by molar-refractivity contribution is 6.36. The summed E-state index contributed by atoms with van der Waals surface area (Å²) in [5.74, 6) is -0.111. The first-order chi connectivity index (χ1) is 13.6. The van der Waals surface area contributed by atoms with Crippen LogP contribution >= 0.6 is 23.2 Å². The molecule has 146 valence electrons. The Balaban J connectivity index is 1.90. The summed E-state index contributed by atoms with van der Waals surface area (Å²) in [6.45, 7) is 6.03. The van der Waals surface area contributed by atoms with E-state index in [1.54, 1.807) is 0 Å². The van der Waals surface area contributed by atoms with E-state index in [-0.39, 0.29) is 28.1 Å². The van der Waals surface area contributed by atoms with Crippen molar-refractivity contribution in [3.05, 3.63) is 45.1 Å². The average Bonchev–Trinajstić information content (AvgIpc) is 2.98. The van der Waals surface area contributed by atoms with Gasteiger partial charge in [0.05, 0.1) is 26.8 Å². The zero-order valence-electron chi connectivity index (χ0n) is 16.0. The third-order valence-corrected chi connectivity index (χ3v) is 7.40. The van der Waals surface area contributed by atoms with Crippen LogP contribution in [0.25, 0.3) is 0 Å². The number of fused-ring (bicyclic) bond motifs is 5. The van der Waals surface area contributed by atoms with Crippen LogP contribution in [-0.2, 0) is 15.6 Å².